The van der Waals surface area contributed by atoms with E-state index in [-0.39, 0.29) is 35.1 Å². The molecule has 0 heterocycles. The number of nitro benzene ring substituents is 1. The van der Waals surface area contributed by atoms with E-state index in [1.807, 2.05) is 13.0 Å². The fourth-order valence-corrected chi connectivity index (χ4v) is 2.34. The van der Waals surface area contributed by atoms with Crippen LogP contribution in [0.4, 0.5) is 11.4 Å². The van der Waals surface area contributed by atoms with E-state index in [4.69, 9.17) is 4.74 Å². The number of rotatable bonds is 7. The summed E-state index contributed by atoms with van der Waals surface area (Å²) in [5, 5.41) is 31.2. The maximum Gasteiger partial charge on any atom is 0.274 e. The van der Waals surface area contributed by atoms with Crippen molar-refractivity contribution in [3.05, 3.63) is 51.6 Å². The van der Waals surface area contributed by atoms with Crippen molar-refractivity contribution in [3.63, 3.8) is 0 Å². The smallest absolute Gasteiger partial charge is 0.274 e. The second-order valence-corrected chi connectivity index (χ2v) is 5.40. The first-order valence-electron chi connectivity index (χ1n) is 7.96. The number of aryl methyl sites for hydroxylation is 1. The lowest BCUT2D eigenvalue weighted by molar-refractivity contribution is -0.385. The minimum absolute atomic E-state index is 0.00828. The van der Waals surface area contributed by atoms with Crippen LogP contribution in [0.5, 0.6) is 17.2 Å². The molecule has 0 bridgehead atoms. The Morgan fingerprint density at radius 2 is 2.00 bits per heavy atom. The van der Waals surface area contributed by atoms with Crippen molar-refractivity contribution in [1.29, 1.82) is 0 Å². The largest absolute Gasteiger partial charge is 0.506 e. The first-order valence-corrected chi connectivity index (χ1v) is 7.96. The number of aromatic hydroxyl groups is 2. The third kappa shape index (κ3) is 4.47. The molecule has 0 saturated carbocycles. The number of phenolic OH excluding ortho intramolecular Hbond substituents is 2. The normalized spacial score (nSPS) is 11.0. The Labute approximate surface area is 145 Å². The Morgan fingerprint density at radius 1 is 1.24 bits per heavy atom. The molecule has 0 saturated heterocycles. The molecule has 0 fully saturated rings. The predicted molar refractivity (Wildman–Crippen MR) is 95.3 cm³/mol. The van der Waals surface area contributed by atoms with Gasteiger partial charge < -0.3 is 14.9 Å². The lowest BCUT2D eigenvalue weighted by atomic mass is 10.1. The van der Waals surface area contributed by atoms with Crippen molar-refractivity contribution in [2.45, 2.75) is 26.7 Å². The zero-order valence-electron chi connectivity index (χ0n) is 14.1. The average molecular weight is 344 g/mol. The van der Waals surface area contributed by atoms with E-state index in [2.05, 4.69) is 4.99 Å². The van der Waals surface area contributed by atoms with Crippen LogP contribution >= 0.6 is 0 Å². The molecule has 2 rings (SSSR count). The summed E-state index contributed by atoms with van der Waals surface area (Å²) in [7, 11) is 0. The van der Waals surface area contributed by atoms with E-state index in [1.165, 1.54) is 12.3 Å². The number of hydrogen-bond donors (Lipinski definition) is 2. The molecule has 0 aliphatic heterocycles. The molecule has 0 aliphatic carbocycles. The third-order valence-electron chi connectivity index (χ3n) is 3.52. The van der Waals surface area contributed by atoms with Crippen LogP contribution in [0, 0.1) is 10.1 Å². The lowest BCUT2D eigenvalue weighted by Crippen LogP contribution is -1.97. The number of phenols is 2. The molecule has 2 aromatic carbocycles. The van der Waals surface area contributed by atoms with Crippen molar-refractivity contribution in [2.24, 2.45) is 4.99 Å². The number of non-ortho nitro benzene ring substituents is 1. The molecule has 2 N–H and O–H groups in total. The van der Waals surface area contributed by atoms with Crippen LogP contribution in [-0.2, 0) is 6.42 Å². The standard InChI is InChI=1S/C18H20N2O5/c1-3-5-12-6-7-16(21)15(8-12)19-11-13-9-14(20(23)24)10-17(18(13)22)25-4-2/h6-11,21-22H,3-5H2,1-2H3. The first kappa shape index (κ1) is 18.3. The maximum atomic E-state index is 11.0. The van der Waals surface area contributed by atoms with Crippen LogP contribution in [0.25, 0.3) is 0 Å². The van der Waals surface area contributed by atoms with Gasteiger partial charge in [-0.15, -0.1) is 0 Å². The summed E-state index contributed by atoms with van der Waals surface area (Å²) in [5.74, 6) is -0.228. The molecular formula is C18H20N2O5. The first-order chi connectivity index (χ1) is 12.0. The Morgan fingerprint density at radius 3 is 2.64 bits per heavy atom. The van der Waals surface area contributed by atoms with E-state index in [0.717, 1.165) is 24.5 Å². The topological polar surface area (TPSA) is 105 Å². The molecule has 132 valence electrons. The number of aliphatic imine (C=N–C) groups is 1. The molecule has 2 aromatic rings. The van der Waals surface area contributed by atoms with Gasteiger partial charge in [-0.2, -0.15) is 0 Å². The molecule has 0 spiro atoms. The van der Waals surface area contributed by atoms with E-state index in [9.17, 15) is 20.3 Å². The highest BCUT2D eigenvalue weighted by Gasteiger charge is 2.16. The number of benzene rings is 2. The molecule has 0 radical (unpaired) electrons. The highest BCUT2D eigenvalue weighted by molar-refractivity contribution is 5.88. The molecular weight excluding hydrogens is 324 g/mol. The van der Waals surface area contributed by atoms with E-state index in [0.29, 0.717) is 5.69 Å². The minimum Gasteiger partial charge on any atom is -0.506 e. The van der Waals surface area contributed by atoms with Gasteiger partial charge in [0.05, 0.1) is 17.6 Å². The zero-order valence-corrected chi connectivity index (χ0v) is 14.1. The highest BCUT2D eigenvalue weighted by Crippen LogP contribution is 2.35. The molecule has 0 unspecified atom stereocenters. The highest BCUT2D eigenvalue weighted by atomic mass is 16.6. The maximum absolute atomic E-state index is 11.0. The SMILES string of the molecule is CCCc1ccc(O)c(N=Cc2cc([N+](=O)[O-])cc(OCC)c2O)c1. The van der Waals surface area contributed by atoms with Crippen molar-refractivity contribution in [2.75, 3.05) is 6.61 Å². The van der Waals surface area contributed by atoms with Gasteiger partial charge in [-0.3, -0.25) is 15.1 Å². The summed E-state index contributed by atoms with van der Waals surface area (Å²) in [6.07, 6.45) is 3.08. The molecule has 0 aromatic heterocycles. The van der Waals surface area contributed by atoms with Crippen molar-refractivity contribution >= 4 is 17.6 Å². The molecule has 7 heteroatoms. The zero-order chi connectivity index (χ0) is 18.4. The summed E-state index contributed by atoms with van der Waals surface area (Å²) < 4.78 is 5.23. The van der Waals surface area contributed by atoms with Gasteiger partial charge in [-0.25, -0.2) is 0 Å². The number of nitro groups is 1. The number of nitrogens with zero attached hydrogens (tertiary/aromatic N) is 2. The molecule has 0 amide bonds. The van der Waals surface area contributed by atoms with Crippen LogP contribution in [0.15, 0.2) is 35.3 Å². The molecule has 25 heavy (non-hydrogen) atoms. The van der Waals surface area contributed by atoms with Gasteiger partial charge in [0.2, 0.25) is 0 Å². The van der Waals surface area contributed by atoms with E-state index in [1.54, 1.807) is 19.1 Å². The van der Waals surface area contributed by atoms with E-state index < -0.39 is 4.92 Å². The van der Waals surface area contributed by atoms with Crippen molar-refractivity contribution in [1.82, 2.24) is 0 Å². The summed E-state index contributed by atoms with van der Waals surface area (Å²) >= 11 is 0. The fraction of sp³-hybridized carbons (Fsp3) is 0.278. The van der Waals surface area contributed by atoms with Crippen LogP contribution < -0.4 is 4.74 Å². The molecule has 0 atom stereocenters. The van der Waals surface area contributed by atoms with Crippen molar-refractivity contribution in [3.8, 4) is 17.2 Å². The van der Waals surface area contributed by atoms with Gasteiger partial charge in [0.15, 0.2) is 11.5 Å². The molecule has 7 nitrogen and oxygen atoms in total. The number of hydrogen-bond acceptors (Lipinski definition) is 6. The average Bonchev–Trinajstić information content (AvgIpc) is 2.58. The van der Waals surface area contributed by atoms with Gasteiger partial charge in [0.25, 0.3) is 5.69 Å². The van der Waals surface area contributed by atoms with Gasteiger partial charge in [-0.05, 0) is 31.0 Å². The van der Waals surface area contributed by atoms with Crippen LogP contribution in [-0.4, -0.2) is 28.0 Å². The Bertz CT molecular complexity index is 802. The number of ether oxygens (including phenoxy) is 1. The van der Waals surface area contributed by atoms with Crippen LogP contribution in [0.1, 0.15) is 31.4 Å². The Hall–Kier alpha value is -3.09. The summed E-state index contributed by atoms with van der Waals surface area (Å²) in [6.45, 7) is 4.01. The second kappa shape index (κ2) is 8.14. The second-order valence-electron chi connectivity index (χ2n) is 5.40. The van der Waals surface area contributed by atoms with Gasteiger partial charge >= 0.3 is 0 Å². The Kier molecular flexibility index (Phi) is 5.94. The summed E-state index contributed by atoms with van der Waals surface area (Å²) in [5.41, 5.74) is 1.27. The van der Waals surface area contributed by atoms with Crippen LogP contribution in [0.2, 0.25) is 0 Å². The summed E-state index contributed by atoms with van der Waals surface area (Å²) in [6, 6.07) is 7.48. The van der Waals surface area contributed by atoms with Crippen molar-refractivity contribution < 1.29 is 19.9 Å². The van der Waals surface area contributed by atoms with Gasteiger partial charge in [-0.1, -0.05) is 19.4 Å². The van der Waals surface area contributed by atoms with Gasteiger partial charge in [0.1, 0.15) is 11.4 Å². The Balaban J connectivity index is 2.43. The fourth-order valence-electron chi connectivity index (χ4n) is 2.34. The van der Waals surface area contributed by atoms with Gasteiger partial charge in [0, 0.05) is 17.8 Å². The van der Waals surface area contributed by atoms with E-state index >= 15 is 0 Å². The minimum atomic E-state index is -0.571. The molecule has 0 aliphatic rings. The summed E-state index contributed by atoms with van der Waals surface area (Å²) in [4.78, 5) is 14.6. The monoisotopic (exact) mass is 344 g/mol. The lowest BCUT2D eigenvalue weighted by Gasteiger charge is -2.08. The van der Waals surface area contributed by atoms with Crippen LogP contribution in [0.3, 0.4) is 0 Å². The quantitative estimate of drug-likeness (QED) is 0.447. The third-order valence-corrected chi connectivity index (χ3v) is 3.52. The predicted octanol–water partition coefficient (Wildman–Crippen LogP) is 4.11.